The van der Waals surface area contributed by atoms with Gasteiger partial charge in [0.05, 0.1) is 5.56 Å². The second kappa shape index (κ2) is 3.88. The van der Waals surface area contributed by atoms with E-state index in [0.717, 1.165) is 0 Å². The van der Waals surface area contributed by atoms with Gasteiger partial charge in [0, 0.05) is 6.07 Å². The molecule has 1 heterocycles. The standard InChI is InChI=1S/C8H4F2N2O3/c9-7(10)5-4(13)1-3(2-11)12-6(5)8(14)15/h1,7H,(H,12,13)(H,14,15). The van der Waals surface area contributed by atoms with Crippen LogP contribution in [0.5, 0.6) is 0 Å². The van der Waals surface area contributed by atoms with Crippen molar-refractivity contribution in [3.8, 4) is 6.07 Å². The number of aromatic amines is 1. The monoisotopic (exact) mass is 214 g/mol. The minimum atomic E-state index is -3.20. The summed E-state index contributed by atoms with van der Waals surface area (Å²) in [5, 5.41) is 16.9. The van der Waals surface area contributed by atoms with E-state index in [-0.39, 0.29) is 5.69 Å². The molecule has 0 amide bonds. The Balaban J connectivity index is 3.59. The molecule has 0 atom stereocenters. The van der Waals surface area contributed by atoms with Gasteiger partial charge >= 0.3 is 5.97 Å². The van der Waals surface area contributed by atoms with Crippen molar-refractivity contribution in [2.24, 2.45) is 0 Å². The summed E-state index contributed by atoms with van der Waals surface area (Å²) < 4.78 is 24.6. The van der Waals surface area contributed by atoms with Crippen molar-refractivity contribution in [2.45, 2.75) is 6.43 Å². The maximum Gasteiger partial charge on any atom is 0.352 e. The summed E-state index contributed by atoms with van der Waals surface area (Å²) >= 11 is 0. The lowest BCUT2D eigenvalue weighted by atomic mass is 10.1. The molecule has 0 saturated carbocycles. The lowest BCUT2D eigenvalue weighted by Crippen LogP contribution is -2.18. The molecule has 1 rings (SSSR count). The van der Waals surface area contributed by atoms with Crippen molar-refractivity contribution >= 4 is 5.97 Å². The number of carboxylic acids is 1. The predicted molar refractivity (Wildman–Crippen MR) is 43.7 cm³/mol. The Morgan fingerprint density at radius 1 is 1.60 bits per heavy atom. The fourth-order valence-electron chi connectivity index (χ4n) is 1.02. The van der Waals surface area contributed by atoms with E-state index in [2.05, 4.69) is 0 Å². The van der Waals surface area contributed by atoms with Gasteiger partial charge in [0.1, 0.15) is 17.5 Å². The van der Waals surface area contributed by atoms with Gasteiger partial charge in [-0.2, -0.15) is 5.26 Å². The maximum atomic E-state index is 12.3. The second-order valence-electron chi connectivity index (χ2n) is 2.55. The van der Waals surface area contributed by atoms with E-state index >= 15 is 0 Å². The highest BCUT2D eigenvalue weighted by Gasteiger charge is 2.22. The van der Waals surface area contributed by atoms with E-state index in [1.807, 2.05) is 4.98 Å². The van der Waals surface area contributed by atoms with Crippen LogP contribution in [0.3, 0.4) is 0 Å². The number of aromatic carboxylic acids is 1. The average Bonchev–Trinajstić information content (AvgIpc) is 2.15. The fourth-order valence-corrected chi connectivity index (χ4v) is 1.02. The topological polar surface area (TPSA) is 93.9 Å². The van der Waals surface area contributed by atoms with Crippen molar-refractivity contribution in [1.82, 2.24) is 4.98 Å². The number of carbonyl (C=O) groups is 1. The highest BCUT2D eigenvalue weighted by molar-refractivity contribution is 5.87. The molecule has 0 unspecified atom stereocenters. The number of rotatable bonds is 2. The quantitative estimate of drug-likeness (QED) is 0.764. The molecule has 0 aliphatic heterocycles. The van der Waals surface area contributed by atoms with E-state index in [9.17, 15) is 18.4 Å². The predicted octanol–water partition coefficient (Wildman–Crippen LogP) is 0.882. The van der Waals surface area contributed by atoms with E-state index in [4.69, 9.17) is 10.4 Å². The summed E-state index contributed by atoms with van der Waals surface area (Å²) in [6.45, 7) is 0. The number of nitrogens with one attached hydrogen (secondary N) is 1. The third kappa shape index (κ3) is 1.99. The normalized spacial score (nSPS) is 10.0. The zero-order chi connectivity index (χ0) is 11.6. The van der Waals surface area contributed by atoms with Crippen LogP contribution in [0.25, 0.3) is 0 Å². The summed E-state index contributed by atoms with van der Waals surface area (Å²) in [6.07, 6.45) is -3.20. The molecular formula is C8H4F2N2O3. The zero-order valence-electron chi connectivity index (χ0n) is 7.12. The molecule has 7 heteroatoms. The number of halogens is 2. The number of hydrogen-bond acceptors (Lipinski definition) is 3. The first-order chi connectivity index (χ1) is 6.97. The fraction of sp³-hybridized carbons (Fsp3) is 0.125. The lowest BCUT2D eigenvalue weighted by Gasteiger charge is -2.03. The van der Waals surface area contributed by atoms with Gasteiger partial charge in [0.25, 0.3) is 6.43 Å². The Morgan fingerprint density at radius 3 is 2.60 bits per heavy atom. The molecule has 1 aromatic heterocycles. The number of hydrogen-bond donors (Lipinski definition) is 2. The van der Waals surface area contributed by atoms with Crippen LogP contribution in [0.1, 0.15) is 28.2 Å². The van der Waals surface area contributed by atoms with E-state index in [1.165, 1.54) is 6.07 Å². The molecule has 5 nitrogen and oxygen atoms in total. The first kappa shape index (κ1) is 10.8. The highest BCUT2D eigenvalue weighted by Crippen LogP contribution is 2.18. The van der Waals surface area contributed by atoms with E-state index < -0.39 is 29.1 Å². The van der Waals surface area contributed by atoms with Gasteiger partial charge in [-0.25, -0.2) is 13.6 Å². The number of H-pyrrole nitrogens is 1. The van der Waals surface area contributed by atoms with Crippen LogP contribution in [0.15, 0.2) is 10.9 Å². The number of carboxylic acid groups (broad SMARTS) is 1. The van der Waals surface area contributed by atoms with Crippen molar-refractivity contribution in [3.05, 3.63) is 33.2 Å². The minimum Gasteiger partial charge on any atom is -0.477 e. The van der Waals surface area contributed by atoms with Crippen LogP contribution < -0.4 is 5.43 Å². The molecule has 0 saturated heterocycles. The van der Waals surface area contributed by atoms with Gasteiger partial charge in [-0.05, 0) is 0 Å². The molecular weight excluding hydrogens is 210 g/mol. The van der Waals surface area contributed by atoms with Crippen LogP contribution in [0, 0.1) is 11.3 Å². The van der Waals surface area contributed by atoms with Gasteiger partial charge in [-0.15, -0.1) is 0 Å². The van der Waals surface area contributed by atoms with E-state index in [0.29, 0.717) is 6.07 Å². The number of pyridine rings is 1. The van der Waals surface area contributed by atoms with Gasteiger partial charge in [-0.3, -0.25) is 4.79 Å². The molecule has 1 aromatic rings. The second-order valence-corrected chi connectivity index (χ2v) is 2.55. The number of alkyl halides is 2. The van der Waals surface area contributed by atoms with Crippen LogP contribution in [-0.4, -0.2) is 16.1 Å². The molecule has 15 heavy (non-hydrogen) atoms. The first-order valence-electron chi connectivity index (χ1n) is 3.66. The number of aromatic nitrogens is 1. The van der Waals surface area contributed by atoms with E-state index in [1.54, 1.807) is 0 Å². The Morgan fingerprint density at radius 2 is 2.20 bits per heavy atom. The lowest BCUT2D eigenvalue weighted by molar-refractivity contribution is 0.0676. The minimum absolute atomic E-state index is 0.373. The summed E-state index contributed by atoms with van der Waals surface area (Å²) in [4.78, 5) is 23.5. The van der Waals surface area contributed by atoms with Crippen molar-refractivity contribution < 1.29 is 18.7 Å². The average molecular weight is 214 g/mol. The summed E-state index contributed by atoms with van der Waals surface area (Å²) in [6, 6.07) is 2.10. The zero-order valence-corrected chi connectivity index (χ0v) is 7.12. The molecule has 78 valence electrons. The third-order valence-electron chi connectivity index (χ3n) is 1.62. The van der Waals surface area contributed by atoms with Crippen LogP contribution >= 0.6 is 0 Å². The molecule has 0 radical (unpaired) electrons. The van der Waals surface area contributed by atoms with Gasteiger partial charge < -0.3 is 10.1 Å². The Bertz CT molecular complexity index is 502. The Labute approximate surface area is 81.6 Å². The van der Waals surface area contributed by atoms with Crippen molar-refractivity contribution in [1.29, 1.82) is 5.26 Å². The number of nitrogens with zero attached hydrogens (tertiary/aromatic N) is 1. The van der Waals surface area contributed by atoms with Crippen molar-refractivity contribution in [3.63, 3.8) is 0 Å². The molecule has 0 aromatic carbocycles. The van der Waals surface area contributed by atoms with Gasteiger partial charge in [-0.1, -0.05) is 0 Å². The SMILES string of the molecule is N#Cc1cc(=O)c(C(F)F)c(C(=O)O)[nH]1. The Kier molecular flexibility index (Phi) is 2.80. The largest absolute Gasteiger partial charge is 0.477 e. The molecule has 0 spiro atoms. The molecule has 0 aliphatic carbocycles. The molecule has 2 N–H and O–H groups in total. The van der Waals surface area contributed by atoms with Crippen LogP contribution in [0.4, 0.5) is 8.78 Å². The number of nitriles is 1. The van der Waals surface area contributed by atoms with Crippen molar-refractivity contribution in [2.75, 3.05) is 0 Å². The van der Waals surface area contributed by atoms with Crippen LogP contribution in [0.2, 0.25) is 0 Å². The summed E-state index contributed by atoms with van der Waals surface area (Å²) in [7, 11) is 0. The van der Waals surface area contributed by atoms with Crippen LogP contribution in [-0.2, 0) is 0 Å². The molecule has 0 fully saturated rings. The maximum absolute atomic E-state index is 12.3. The third-order valence-corrected chi connectivity index (χ3v) is 1.62. The molecule has 0 bridgehead atoms. The molecule has 0 aliphatic rings. The summed E-state index contributed by atoms with van der Waals surface area (Å²) in [5.74, 6) is -1.71. The summed E-state index contributed by atoms with van der Waals surface area (Å²) in [5.41, 5.74) is -3.63. The van der Waals surface area contributed by atoms with Gasteiger partial charge in [0.15, 0.2) is 5.43 Å². The van der Waals surface area contributed by atoms with Gasteiger partial charge in [0.2, 0.25) is 0 Å². The Hall–Kier alpha value is -2.23. The highest BCUT2D eigenvalue weighted by atomic mass is 19.3. The smallest absolute Gasteiger partial charge is 0.352 e. The first-order valence-corrected chi connectivity index (χ1v) is 3.66.